The lowest BCUT2D eigenvalue weighted by molar-refractivity contribution is 1.31. The van der Waals surface area contributed by atoms with Crippen LogP contribution in [-0.4, -0.2) is 13.4 Å². The fraction of sp³-hybridized carbons (Fsp3) is 0. The molecule has 3 heteroatoms. The molecule has 310 valence electrons. The Kier molecular flexibility index (Phi) is 6.32. The molecule has 0 N–H and O–H groups in total. The molecule has 0 bridgehead atoms. The van der Waals surface area contributed by atoms with Gasteiger partial charge in [0.2, 0.25) is 13.4 Å². The van der Waals surface area contributed by atoms with Crippen molar-refractivity contribution < 1.29 is 0 Å². The summed E-state index contributed by atoms with van der Waals surface area (Å²) in [4.78, 5) is 2.72. The molecule has 0 aromatic heterocycles. The smallest absolute Gasteiger partial charge is 0.249 e. The largest absolute Gasteiger partial charge is 0.312 e. The van der Waals surface area contributed by atoms with Gasteiger partial charge in [-0.05, 0) is 153 Å². The van der Waals surface area contributed by atoms with Crippen LogP contribution in [0.5, 0.6) is 0 Å². The van der Waals surface area contributed by atoms with E-state index >= 15 is 0 Å². The van der Waals surface area contributed by atoms with E-state index in [-0.39, 0.29) is 13.4 Å². The Hall–Kier alpha value is -8.65. The zero-order chi connectivity index (χ0) is 44.4. The van der Waals surface area contributed by atoms with Crippen LogP contribution in [0.3, 0.4) is 0 Å². The number of benzene rings is 14. The van der Waals surface area contributed by atoms with Crippen molar-refractivity contribution in [2.45, 2.75) is 0 Å². The van der Waals surface area contributed by atoms with E-state index in [2.05, 4.69) is 217 Å². The van der Waals surface area contributed by atoms with Gasteiger partial charge < -0.3 is 4.90 Å². The number of nitrogens with zero attached hydrogens (tertiary/aromatic N) is 1. The first-order valence-corrected chi connectivity index (χ1v) is 24.5. The van der Waals surface area contributed by atoms with Crippen LogP contribution in [-0.2, 0) is 0 Å². The van der Waals surface area contributed by atoms with Crippen LogP contribution >= 0.6 is 0 Å². The van der Waals surface area contributed by atoms with Gasteiger partial charge >= 0.3 is 0 Å². The molecule has 0 spiro atoms. The molecule has 1 nitrogen and oxygen atoms in total. The van der Waals surface area contributed by atoms with Crippen molar-refractivity contribution in [2.75, 3.05) is 4.90 Å². The molecule has 0 amide bonds. The summed E-state index contributed by atoms with van der Waals surface area (Å²) in [6.07, 6.45) is 0. The minimum atomic E-state index is 0.0448. The summed E-state index contributed by atoms with van der Waals surface area (Å²) in [7, 11) is 0. The Morgan fingerprint density at radius 3 is 1.25 bits per heavy atom. The Morgan fingerprint density at radius 2 is 0.667 bits per heavy atom. The van der Waals surface area contributed by atoms with Crippen molar-refractivity contribution in [1.29, 1.82) is 0 Å². The lowest BCUT2D eigenvalue weighted by Gasteiger charge is -2.43. The Morgan fingerprint density at radius 1 is 0.246 bits per heavy atom. The highest BCUT2D eigenvalue weighted by atomic mass is 15.2. The quantitative estimate of drug-likeness (QED) is 0.108. The van der Waals surface area contributed by atoms with Gasteiger partial charge in [-0.1, -0.05) is 211 Å². The molecule has 0 aliphatic carbocycles. The predicted octanol–water partition coefficient (Wildman–Crippen LogP) is 13.2. The van der Waals surface area contributed by atoms with Gasteiger partial charge in [-0.15, -0.1) is 0 Å². The number of hydrogen-bond acceptors (Lipinski definition) is 1. The van der Waals surface area contributed by atoms with Gasteiger partial charge in [0.25, 0.3) is 0 Å². The van der Waals surface area contributed by atoms with Crippen molar-refractivity contribution in [2.24, 2.45) is 0 Å². The minimum absolute atomic E-state index is 0.0448. The van der Waals surface area contributed by atoms with Crippen LogP contribution < -0.4 is 37.7 Å². The van der Waals surface area contributed by atoms with Crippen LogP contribution in [0.25, 0.3) is 119 Å². The summed E-state index contributed by atoms with van der Waals surface area (Å²) in [6, 6.07) is 81.7. The molecule has 0 saturated carbocycles. The number of rotatable bonds is 0. The number of hydrogen-bond donors (Lipinski definition) is 0. The van der Waals surface area contributed by atoms with Crippen molar-refractivity contribution in [3.05, 3.63) is 212 Å². The van der Waals surface area contributed by atoms with Gasteiger partial charge in [-0.2, -0.15) is 0 Å². The van der Waals surface area contributed by atoms with Gasteiger partial charge in [0.1, 0.15) is 0 Å². The predicted molar refractivity (Wildman–Crippen MR) is 299 cm³/mol. The topological polar surface area (TPSA) is 3.24 Å². The highest BCUT2D eigenvalue weighted by Gasteiger charge is 2.51. The molecule has 0 unspecified atom stereocenters. The van der Waals surface area contributed by atoms with Crippen LogP contribution in [0.1, 0.15) is 0 Å². The summed E-state index contributed by atoms with van der Waals surface area (Å²) < 4.78 is 0. The molecule has 0 radical (unpaired) electrons. The maximum Gasteiger partial charge on any atom is 0.249 e. The molecule has 0 atom stereocenters. The van der Waals surface area contributed by atoms with E-state index in [0.717, 1.165) is 0 Å². The molecule has 4 aliphatic rings. The Labute approximate surface area is 397 Å². The monoisotopic (exact) mass is 863 g/mol. The third-order valence-corrected chi connectivity index (χ3v) is 17.2. The SMILES string of the molecule is c1cc2c3c(c1)B1c4c(cccc4N3c3cc4c5ccccc5c5ccccc5c4c4c3B2c2ccc3c5ccccc5c5ccccc5c3c2-4)-c2ccc3c4ccccc4c4ccccc4c3c21. The first-order valence-electron chi connectivity index (χ1n) is 24.5. The Balaban J connectivity index is 1.04. The highest BCUT2D eigenvalue weighted by Crippen LogP contribution is 2.52. The summed E-state index contributed by atoms with van der Waals surface area (Å²) in [5.74, 6) is 0. The van der Waals surface area contributed by atoms with Gasteiger partial charge in [0.15, 0.2) is 0 Å². The number of fused-ring (bicyclic) bond motifs is 31. The van der Waals surface area contributed by atoms with Gasteiger partial charge in [-0.3, -0.25) is 0 Å². The Bertz CT molecular complexity index is 4740. The number of anilines is 3. The molecule has 0 fully saturated rings. The fourth-order valence-corrected chi connectivity index (χ4v) is 14.8. The number of para-hydroxylation sites is 1. The van der Waals surface area contributed by atoms with E-state index in [0.29, 0.717) is 0 Å². The molecule has 4 aliphatic heterocycles. The van der Waals surface area contributed by atoms with E-state index in [1.807, 2.05) is 0 Å². The van der Waals surface area contributed by atoms with Gasteiger partial charge in [-0.25, -0.2) is 0 Å². The van der Waals surface area contributed by atoms with Gasteiger partial charge in [0, 0.05) is 17.1 Å². The standard InChI is InChI=1S/C66H35B2N/c1-4-21-42-36(15-1)39-18-7-10-24-45(39)58-48(42)33-34-53-61(58)62-59-46-25-11-8-19-40(46)38-17-3-6-23-44(38)52(59)35-57-65(62)67(53)54-28-14-29-55-66(54)69(57)56-30-13-27-50-51-32-31-49-43-22-5-2-16-37(43)41-20-9-12-26-47(41)60(49)64(51)68(55)63(50)56/h1-35H. The van der Waals surface area contributed by atoms with Crippen molar-refractivity contribution in [3.63, 3.8) is 0 Å². The normalized spacial score (nSPS) is 13.7. The van der Waals surface area contributed by atoms with Crippen LogP contribution in [0.4, 0.5) is 17.1 Å². The zero-order valence-electron chi connectivity index (χ0n) is 37.3. The van der Waals surface area contributed by atoms with Crippen molar-refractivity contribution >= 4 is 160 Å². The average molecular weight is 864 g/mol. The molecule has 69 heavy (non-hydrogen) atoms. The molecule has 4 heterocycles. The maximum atomic E-state index is 2.72. The second kappa shape index (κ2) is 12.3. The maximum absolute atomic E-state index is 2.72. The van der Waals surface area contributed by atoms with E-state index in [9.17, 15) is 0 Å². The molecule has 14 aromatic carbocycles. The minimum Gasteiger partial charge on any atom is -0.312 e. The van der Waals surface area contributed by atoms with E-state index < -0.39 is 0 Å². The lowest BCUT2D eigenvalue weighted by Crippen LogP contribution is -2.63. The summed E-state index contributed by atoms with van der Waals surface area (Å²) in [5.41, 5.74) is 18.0. The second-order valence-electron chi connectivity index (χ2n) is 20.0. The highest BCUT2D eigenvalue weighted by molar-refractivity contribution is 7.06. The molecule has 14 aromatic rings. The second-order valence-corrected chi connectivity index (χ2v) is 20.0. The van der Waals surface area contributed by atoms with E-state index in [4.69, 9.17) is 0 Å². The summed E-state index contributed by atoms with van der Waals surface area (Å²) in [6.45, 7) is 0.119. The van der Waals surface area contributed by atoms with E-state index in [1.165, 1.54) is 169 Å². The molecular weight excluding hydrogens is 828 g/mol. The van der Waals surface area contributed by atoms with Gasteiger partial charge in [0.05, 0.1) is 0 Å². The third kappa shape index (κ3) is 4.06. The molecule has 18 rings (SSSR count). The van der Waals surface area contributed by atoms with Crippen molar-refractivity contribution in [3.8, 4) is 22.3 Å². The van der Waals surface area contributed by atoms with Crippen molar-refractivity contribution in [1.82, 2.24) is 0 Å². The third-order valence-electron chi connectivity index (χ3n) is 17.2. The molecule has 0 saturated heterocycles. The fourth-order valence-electron chi connectivity index (χ4n) is 14.8. The first-order chi connectivity index (χ1) is 34.3. The summed E-state index contributed by atoms with van der Waals surface area (Å²) >= 11 is 0. The lowest BCUT2D eigenvalue weighted by atomic mass is 9.32. The molecular formula is C66H35B2N. The average Bonchev–Trinajstić information content (AvgIpc) is 3.95. The van der Waals surface area contributed by atoms with Crippen LogP contribution in [0.2, 0.25) is 0 Å². The van der Waals surface area contributed by atoms with E-state index in [1.54, 1.807) is 0 Å². The van der Waals surface area contributed by atoms with Crippen LogP contribution in [0.15, 0.2) is 212 Å². The summed E-state index contributed by atoms with van der Waals surface area (Å²) in [5, 5.41) is 23.9. The zero-order valence-corrected chi connectivity index (χ0v) is 37.3. The first kappa shape index (κ1) is 35.5. The van der Waals surface area contributed by atoms with Crippen LogP contribution in [0, 0.1) is 0 Å².